The molecule has 0 atom stereocenters. The van der Waals surface area contributed by atoms with Crippen molar-refractivity contribution in [2.75, 3.05) is 34.5 Å². The zero-order chi connectivity index (χ0) is 19.5. The van der Waals surface area contributed by atoms with Gasteiger partial charge in [-0.05, 0) is 31.5 Å². The lowest BCUT2D eigenvalue weighted by Crippen LogP contribution is -2.03. The fourth-order valence-electron chi connectivity index (χ4n) is 1.65. The lowest BCUT2D eigenvalue weighted by atomic mass is 10.1. The number of rotatable bonds is 8. The predicted molar refractivity (Wildman–Crippen MR) is 107 cm³/mol. The number of methoxy groups -OCH3 is 3. The fourth-order valence-corrected chi connectivity index (χ4v) is 1.65. The van der Waals surface area contributed by atoms with E-state index < -0.39 is 0 Å². The SMILES string of the molecule is C=C(OC)/C(=C\C=C(/COC)OC)CCN.CC.Cc1ccccc1. The van der Waals surface area contributed by atoms with Gasteiger partial charge in [0.15, 0.2) is 0 Å². The van der Waals surface area contributed by atoms with E-state index in [1.807, 2.05) is 44.2 Å². The van der Waals surface area contributed by atoms with Gasteiger partial charge in [-0.2, -0.15) is 0 Å². The molecule has 0 radical (unpaired) electrons. The smallest absolute Gasteiger partial charge is 0.121 e. The van der Waals surface area contributed by atoms with E-state index in [4.69, 9.17) is 19.9 Å². The lowest BCUT2D eigenvalue weighted by molar-refractivity contribution is 0.159. The summed E-state index contributed by atoms with van der Waals surface area (Å²) in [6, 6.07) is 10.3. The Kier molecular flexibility index (Phi) is 18.4. The minimum atomic E-state index is 0.433. The number of aryl methyl sites for hydroxylation is 1. The van der Waals surface area contributed by atoms with Gasteiger partial charge in [0.25, 0.3) is 0 Å². The molecule has 2 N–H and O–H groups in total. The Balaban J connectivity index is 0. The molecule has 0 amide bonds. The number of hydrogen-bond acceptors (Lipinski definition) is 4. The minimum absolute atomic E-state index is 0.433. The second kappa shape index (κ2) is 18.3. The van der Waals surface area contributed by atoms with Crippen LogP contribution in [0.25, 0.3) is 0 Å². The van der Waals surface area contributed by atoms with Crippen molar-refractivity contribution in [3.8, 4) is 0 Å². The minimum Gasteiger partial charge on any atom is -0.499 e. The summed E-state index contributed by atoms with van der Waals surface area (Å²) in [6.45, 7) is 10.9. The van der Waals surface area contributed by atoms with E-state index in [0.717, 1.165) is 11.3 Å². The Morgan fingerprint density at radius 2 is 1.64 bits per heavy atom. The summed E-state index contributed by atoms with van der Waals surface area (Å²) in [5.74, 6) is 1.36. The summed E-state index contributed by atoms with van der Waals surface area (Å²) in [5.41, 5.74) is 7.78. The van der Waals surface area contributed by atoms with Crippen LogP contribution in [0, 0.1) is 6.92 Å². The van der Waals surface area contributed by atoms with Crippen molar-refractivity contribution in [3.05, 3.63) is 71.7 Å². The molecule has 0 spiro atoms. The summed E-state index contributed by atoms with van der Waals surface area (Å²) in [5, 5.41) is 0. The van der Waals surface area contributed by atoms with Gasteiger partial charge in [0.05, 0.1) is 14.2 Å². The number of allylic oxidation sites excluding steroid dienone is 3. The van der Waals surface area contributed by atoms with E-state index >= 15 is 0 Å². The number of benzene rings is 1. The number of hydrogen-bond donors (Lipinski definition) is 1. The van der Waals surface area contributed by atoms with Crippen LogP contribution in [0.2, 0.25) is 0 Å². The molecule has 4 nitrogen and oxygen atoms in total. The molecule has 0 aromatic heterocycles. The summed E-state index contributed by atoms with van der Waals surface area (Å²) >= 11 is 0. The summed E-state index contributed by atoms with van der Waals surface area (Å²) < 4.78 is 15.2. The standard InChI is InChI=1S/C12H21NO3.C7H8.C2H6/c1-10(15-3)11(7-8-13)5-6-12(16-4)9-14-2;1-7-5-3-2-4-6-7;1-2/h5-6H,1,7-9,13H2,2-4H3;2-6H,1H3;1-2H3/b11-5-,12-6+;;. The van der Waals surface area contributed by atoms with E-state index in [9.17, 15) is 0 Å². The highest BCUT2D eigenvalue weighted by molar-refractivity contribution is 5.28. The Bertz CT molecular complexity index is 493. The Hall–Kier alpha value is -2.04. The van der Waals surface area contributed by atoms with Gasteiger partial charge in [-0.1, -0.05) is 62.4 Å². The molecule has 0 aliphatic heterocycles. The quantitative estimate of drug-likeness (QED) is 0.549. The molecule has 25 heavy (non-hydrogen) atoms. The van der Waals surface area contributed by atoms with Crippen LogP contribution >= 0.6 is 0 Å². The highest BCUT2D eigenvalue weighted by Gasteiger charge is 2.01. The van der Waals surface area contributed by atoms with Crippen molar-refractivity contribution in [2.45, 2.75) is 27.2 Å². The highest BCUT2D eigenvalue weighted by Crippen LogP contribution is 2.13. The van der Waals surface area contributed by atoms with Crippen LogP contribution in [0.4, 0.5) is 0 Å². The molecule has 0 bridgehead atoms. The Labute approximate surface area is 154 Å². The van der Waals surface area contributed by atoms with Crippen molar-refractivity contribution in [1.82, 2.24) is 0 Å². The van der Waals surface area contributed by atoms with Gasteiger partial charge in [-0.25, -0.2) is 0 Å². The zero-order valence-electron chi connectivity index (χ0n) is 16.7. The Morgan fingerprint density at radius 1 is 1.04 bits per heavy atom. The van der Waals surface area contributed by atoms with Crippen LogP contribution in [0.1, 0.15) is 25.8 Å². The summed E-state index contributed by atoms with van der Waals surface area (Å²) in [6.07, 6.45) is 4.43. The fraction of sp³-hybridized carbons (Fsp3) is 0.429. The topological polar surface area (TPSA) is 53.7 Å². The summed E-state index contributed by atoms with van der Waals surface area (Å²) in [4.78, 5) is 0. The molecule has 142 valence electrons. The van der Waals surface area contributed by atoms with E-state index in [2.05, 4.69) is 25.6 Å². The van der Waals surface area contributed by atoms with Crippen LogP contribution in [0.5, 0.6) is 0 Å². The zero-order valence-corrected chi connectivity index (χ0v) is 16.7. The van der Waals surface area contributed by atoms with Crippen molar-refractivity contribution in [1.29, 1.82) is 0 Å². The van der Waals surface area contributed by atoms with Crippen LogP contribution < -0.4 is 5.73 Å². The van der Waals surface area contributed by atoms with Gasteiger partial charge in [0.2, 0.25) is 0 Å². The molecule has 0 saturated heterocycles. The molecule has 0 aliphatic carbocycles. The average Bonchev–Trinajstić information content (AvgIpc) is 2.66. The van der Waals surface area contributed by atoms with Crippen molar-refractivity contribution in [2.24, 2.45) is 5.73 Å². The van der Waals surface area contributed by atoms with E-state index in [1.54, 1.807) is 21.3 Å². The van der Waals surface area contributed by atoms with Gasteiger partial charge in [-0.3, -0.25) is 0 Å². The van der Waals surface area contributed by atoms with Gasteiger partial charge >= 0.3 is 0 Å². The van der Waals surface area contributed by atoms with Gasteiger partial charge < -0.3 is 19.9 Å². The van der Waals surface area contributed by atoms with Gasteiger partial charge in [0.1, 0.15) is 18.1 Å². The number of nitrogens with two attached hydrogens (primary N) is 1. The van der Waals surface area contributed by atoms with Crippen molar-refractivity contribution < 1.29 is 14.2 Å². The molecule has 1 aromatic carbocycles. The molecule has 1 rings (SSSR count). The van der Waals surface area contributed by atoms with E-state index in [-0.39, 0.29) is 0 Å². The van der Waals surface area contributed by atoms with E-state index in [1.165, 1.54) is 5.56 Å². The van der Waals surface area contributed by atoms with Gasteiger partial charge in [0, 0.05) is 7.11 Å². The van der Waals surface area contributed by atoms with Crippen LogP contribution in [-0.2, 0) is 14.2 Å². The molecule has 0 unspecified atom stereocenters. The van der Waals surface area contributed by atoms with Gasteiger partial charge in [-0.15, -0.1) is 0 Å². The monoisotopic (exact) mass is 349 g/mol. The van der Waals surface area contributed by atoms with Crippen LogP contribution in [-0.4, -0.2) is 34.5 Å². The van der Waals surface area contributed by atoms with Crippen molar-refractivity contribution >= 4 is 0 Å². The summed E-state index contributed by atoms with van der Waals surface area (Å²) in [7, 11) is 4.81. The molecule has 4 heteroatoms. The maximum absolute atomic E-state index is 5.51. The third kappa shape index (κ3) is 14.0. The molecule has 1 aromatic rings. The first kappa shape index (κ1) is 25.2. The van der Waals surface area contributed by atoms with Crippen LogP contribution in [0.3, 0.4) is 0 Å². The molecule has 0 saturated carbocycles. The largest absolute Gasteiger partial charge is 0.499 e. The first-order valence-corrected chi connectivity index (χ1v) is 8.46. The maximum atomic E-state index is 5.51. The normalized spacial score (nSPS) is 10.7. The second-order valence-electron chi connectivity index (χ2n) is 4.78. The Morgan fingerprint density at radius 3 is 2.00 bits per heavy atom. The second-order valence-corrected chi connectivity index (χ2v) is 4.78. The molecular weight excluding hydrogens is 314 g/mol. The van der Waals surface area contributed by atoms with Crippen LogP contribution in [0.15, 0.2) is 66.2 Å². The third-order valence-corrected chi connectivity index (χ3v) is 2.98. The lowest BCUT2D eigenvalue weighted by Gasteiger charge is -2.08. The maximum Gasteiger partial charge on any atom is 0.121 e. The predicted octanol–water partition coefficient (Wildman–Crippen LogP) is 4.62. The molecule has 0 heterocycles. The van der Waals surface area contributed by atoms with E-state index in [0.29, 0.717) is 25.3 Å². The molecule has 0 aliphatic rings. The first-order chi connectivity index (χ1) is 12.1. The average molecular weight is 350 g/mol. The first-order valence-electron chi connectivity index (χ1n) is 8.46. The molecule has 0 fully saturated rings. The number of ether oxygens (including phenoxy) is 3. The molecular formula is C21H35NO3. The third-order valence-electron chi connectivity index (χ3n) is 2.98. The highest BCUT2D eigenvalue weighted by atomic mass is 16.5. The van der Waals surface area contributed by atoms with Crippen molar-refractivity contribution in [3.63, 3.8) is 0 Å².